The highest BCUT2D eigenvalue weighted by atomic mass is 16.5. The van der Waals surface area contributed by atoms with Crippen molar-refractivity contribution in [2.75, 3.05) is 24.8 Å². The molecule has 4 heteroatoms. The first-order valence-corrected chi connectivity index (χ1v) is 5.80. The predicted molar refractivity (Wildman–Crippen MR) is 73.0 cm³/mol. The second-order valence-electron chi connectivity index (χ2n) is 4.29. The van der Waals surface area contributed by atoms with Crippen LogP contribution in [0.1, 0.15) is 11.5 Å². The summed E-state index contributed by atoms with van der Waals surface area (Å²) < 4.78 is 10.7. The van der Waals surface area contributed by atoms with E-state index in [1.165, 1.54) is 0 Å². The molecule has 0 fully saturated rings. The number of aryl methyl sites for hydroxylation is 1. The van der Waals surface area contributed by atoms with Crippen LogP contribution in [0.5, 0.6) is 5.75 Å². The van der Waals surface area contributed by atoms with E-state index in [9.17, 15) is 0 Å². The highest BCUT2D eigenvalue weighted by molar-refractivity contribution is 5.69. The predicted octanol–water partition coefficient (Wildman–Crippen LogP) is 2.82. The van der Waals surface area contributed by atoms with Gasteiger partial charge in [0.1, 0.15) is 17.3 Å². The molecule has 1 aromatic carbocycles. The van der Waals surface area contributed by atoms with Crippen LogP contribution in [0.25, 0.3) is 0 Å². The second kappa shape index (κ2) is 5.04. The Morgan fingerprint density at radius 2 is 2.06 bits per heavy atom. The molecule has 0 aliphatic rings. The summed E-state index contributed by atoms with van der Waals surface area (Å²) in [4.78, 5) is 2.05. The van der Waals surface area contributed by atoms with E-state index >= 15 is 0 Å². The fourth-order valence-electron chi connectivity index (χ4n) is 1.90. The maximum atomic E-state index is 6.00. The maximum Gasteiger partial charge on any atom is 0.123 e. The summed E-state index contributed by atoms with van der Waals surface area (Å²) in [5.74, 6) is 2.60. The molecule has 18 heavy (non-hydrogen) atoms. The Kier molecular flexibility index (Phi) is 3.46. The van der Waals surface area contributed by atoms with Gasteiger partial charge in [-0.05, 0) is 31.2 Å². The maximum absolute atomic E-state index is 6.00. The molecular formula is C14H18N2O2. The van der Waals surface area contributed by atoms with E-state index in [0.29, 0.717) is 12.2 Å². The fourth-order valence-corrected chi connectivity index (χ4v) is 1.90. The Bertz CT molecular complexity index is 534. The van der Waals surface area contributed by atoms with Gasteiger partial charge in [0.2, 0.25) is 0 Å². The molecule has 0 aliphatic heterocycles. The lowest BCUT2D eigenvalue weighted by Gasteiger charge is -2.20. The molecule has 4 nitrogen and oxygen atoms in total. The zero-order valence-electron chi connectivity index (χ0n) is 10.9. The SMILES string of the molecule is COc1ccc(N(C)Cc2ccc(C)o2)c(N)c1. The summed E-state index contributed by atoms with van der Waals surface area (Å²) in [6, 6.07) is 9.60. The van der Waals surface area contributed by atoms with Gasteiger partial charge in [-0.2, -0.15) is 0 Å². The van der Waals surface area contributed by atoms with Crippen LogP contribution < -0.4 is 15.4 Å². The molecule has 0 aliphatic carbocycles. The number of furan rings is 1. The number of anilines is 2. The van der Waals surface area contributed by atoms with Gasteiger partial charge in [-0.15, -0.1) is 0 Å². The number of nitrogens with zero attached hydrogens (tertiary/aromatic N) is 1. The summed E-state index contributed by atoms with van der Waals surface area (Å²) in [6.07, 6.45) is 0. The molecule has 96 valence electrons. The van der Waals surface area contributed by atoms with Crippen LogP contribution in [-0.4, -0.2) is 14.2 Å². The molecule has 2 N–H and O–H groups in total. The molecule has 0 spiro atoms. The second-order valence-corrected chi connectivity index (χ2v) is 4.29. The molecule has 1 heterocycles. The molecule has 0 saturated heterocycles. The molecular weight excluding hydrogens is 228 g/mol. The Balaban J connectivity index is 2.15. The Hall–Kier alpha value is -2.10. The monoisotopic (exact) mass is 246 g/mol. The van der Waals surface area contributed by atoms with Crippen LogP contribution in [0.2, 0.25) is 0 Å². The zero-order chi connectivity index (χ0) is 13.1. The summed E-state index contributed by atoms with van der Waals surface area (Å²) in [6.45, 7) is 2.62. The summed E-state index contributed by atoms with van der Waals surface area (Å²) in [7, 11) is 3.61. The number of nitrogen functional groups attached to an aromatic ring is 1. The van der Waals surface area contributed by atoms with E-state index in [4.69, 9.17) is 14.9 Å². The summed E-state index contributed by atoms with van der Waals surface area (Å²) in [5, 5.41) is 0. The smallest absolute Gasteiger partial charge is 0.123 e. The molecule has 0 unspecified atom stereocenters. The summed E-state index contributed by atoms with van der Waals surface area (Å²) in [5.41, 5.74) is 7.66. The van der Waals surface area contributed by atoms with E-state index in [-0.39, 0.29) is 0 Å². The van der Waals surface area contributed by atoms with Gasteiger partial charge in [-0.25, -0.2) is 0 Å². The third kappa shape index (κ3) is 2.59. The van der Waals surface area contributed by atoms with Gasteiger partial charge >= 0.3 is 0 Å². The first-order valence-electron chi connectivity index (χ1n) is 5.80. The minimum atomic E-state index is 0.685. The number of hydrogen-bond donors (Lipinski definition) is 1. The number of rotatable bonds is 4. The van der Waals surface area contributed by atoms with Crippen molar-refractivity contribution >= 4 is 11.4 Å². The zero-order valence-corrected chi connectivity index (χ0v) is 10.9. The van der Waals surface area contributed by atoms with Gasteiger partial charge in [0, 0.05) is 13.1 Å². The lowest BCUT2D eigenvalue weighted by molar-refractivity contribution is 0.415. The fraction of sp³-hybridized carbons (Fsp3) is 0.286. The van der Waals surface area contributed by atoms with E-state index < -0.39 is 0 Å². The van der Waals surface area contributed by atoms with Crippen LogP contribution in [-0.2, 0) is 6.54 Å². The number of ether oxygens (including phenoxy) is 1. The molecule has 0 bridgehead atoms. The third-order valence-corrected chi connectivity index (χ3v) is 2.83. The van der Waals surface area contributed by atoms with Crippen molar-refractivity contribution in [1.82, 2.24) is 0 Å². The van der Waals surface area contributed by atoms with Crippen LogP contribution in [0.3, 0.4) is 0 Å². The van der Waals surface area contributed by atoms with E-state index in [1.54, 1.807) is 7.11 Å². The largest absolute Gasteiger partial charge is 0.497 e. The Labute approximate surface area is 107 Å². The van der Waals surface area contributed by atoms with Crippen LogP contribution in [0, 0.1) is 6.92 Å². The van der Waals surface area contributed by atoms with E-state index in [2.05, 4.69) is 0 Å². The van der Waals surface area contributed by atoms with Gasteiger partial charge in [0.05, 0.1) is 25.0 Å². The van der Waals surface area contributed by atoms with Crippen molar-refractivity contribution in [2.45, 2.75) is 13.5 Å². The van der Waals surface area contributed by atoms with Crippen molar-refractivity contribution in [2.24, 2.45) is 0 Å². The lowest BCUT2D eigenvalue weighted by atomic mass is 10.2. The van der Waals surface area contributed by atoms with Crippen LogP contribution in [0.4, 0.5) is 11.4 Å². The molecule has 0 amide bonds. The van der Waals surface area contributed by atoms with Crippen LogP contribution in [0.15, 0.2) is 34.7 Å². The van der Waals surface area contributed by atoms with Crippen molar-refractivity contribution in [3.8, 4) is 5.75 Å². The van der Waals surface area contributed by atoms with Crippen molar-refractivity contribution in [1.29, 1.82) is 0 Å². The van der Waals surface area contributed by atoms with Crippen molar-refractivity contribution < 1.29 is 9.15 Å². The molecule has 1 aromatic heterocycles. The van der Waals surface area contributed by atoms with E-state index in [0.717, 1.165) is 23.0 Å². The average molecular weight is 246 g/mol. The first-order chi connectivity index (χ1) is 8.60. The first kappa shape index (κ1) is 12.4. The molecule has 0 atom stereocenters. The molecule has 2 rings (SSSR count). The number of nitrogens with two attached hydrogens (primary N) is 1. The van der Waals surface area contributed by atoms with Crippen LogP contribution >= 0.6 is 0 Å². The van der Waals surface area contributed by atoms with Gasteiger partial charge in [0.25, 0.3) is 0 Å². The van der Waals surface area contributed by atoms with Crippen molar-refractivity contribution in [3.63, 3.8) is 0 Å². The van der Waals surface area contributed by atoms with Gasteiger partial charge < -0.3 is 19.8 Å². The normalized spacial score (nSPS) is 10.4. The highest BCUT2D eigenvalue weighted by Gasteiger charge is 2.09. The van der Waals surface area contributed by atoms with Gasteiger partial charge in [-0.3, -0.25) is 0 Å². The van der Waals surface area contributed by atoms with Gasteiger partial charge in [-0.1, -0.05) is 0 Å². The highest BCUT2D eigenvalue weighted by Crippen LogP contribution is 2.27. The third-order valence-electron chi connectivity index (χ3n) is 2.83. The lowest BCUT2D eigenvalue weighted by Crippen LogP contribution is -2.17. The summed E-state index contributed by atoms with van der Waals surface area (Å²) >= 11 is 0. The Morgan fingerprint density at radius 1 is 1.28 bits per heavy atom. The topological polar surface area (TPSA) is 51.6 Å². The molecule has 2 aromatic rings. The van der Waals surface area contributed by atoms with Gasteiger partial charge in [0.15, 0.2) is 0 Å². The average Bonchev–Trinajstić information content (AvgIpc) is 2.74. The number of benzene rings is 1. The Morgan fingerprint density at radius 3 is 2.61 bits per heavy atom. The minimum absolute atomic E-state index is 0.685. The molecule has 0 saturated carbocycles. The quantitative estimate of drug-likeness (QED) is 0.843. The number of methoxy groups -OCH3 is 1. The van der Waals surface area contributed by atoms with Crippen molar-refractivity contribution in [3.05, 3.63) is 41.9 Å². The number of hydrogen-bond acceptors (Lipinski definition) is 4. The standard InChI is InChI=1S/C14H18N2O2/c1-10-4-5-12(18-10)9-16(2)14-7-6-11(17-3)8-13(14)15/h4-8H,9,15H2,1-3H3. The molecule has 0 radical (unpaired) electrons. The van der Waals surface area contributed by atoms with E-state index in [1.807, 2.05) is 49.2 Å². The minimum Gasteiger partial charge on any atom is -0.497 e.